The first-order valence-corrected chi connectivity index (χ1v) is 8.12. The van der Waals surface area contributed by atoms with E-state index < -0.39 is 0 Å². The van der Waals surface area contributed by atoms with Gasteiger partial charge < -0.3 is 10.6 Å². The number of carbonyl (C=O) groups is 2. The van der Waals surface area contributed by atoms with E-state index in [0.717, 1.165) is 38.6 Å². The number of likely N-dealkylation sites (N-methyl/N-ethyl adjacent to an activating group) is 1. The molecule has 0 fully saturated rings. The molecule has 0 rings (SSSR count). The molecule has 1 atom stereocenters. The molecule has 0 aromatic heterocycles. The number of hydrogen-bond acceptors (Lipinski definition) is 3. The summed E-state index contributed by atoms with van der Waals surface area (Å²) in [4.78, 5) is 23.1. The van der Waals surface area contributed by atoms with Crippen LogP contribution in [0.2, 0.25) is 0 Å². The molecular formula is C16H32N2O2. The SMILES string of the molecule is CCCCCCC(=O)NCCCCC(NC)C(=O)CC. The first-order chi connectivity index (χ1) is 9.65. The molecule has 0 aromatic rings. The Morgan fingerprint density at radius 1 is 1.00 bits per heavy atom. The molecular weight excluding hydrogens is 252 g/mol. The highest BCUT2D eigenvalue weighted by molar-refractivity contribution is 5.83. The number of hydrogen-bond donors (Lipinski definition) is 2. The number of rotatable bonds is 13. The number of carbonyl (C=O) groups excluding carboxylic acids is 2. The molecule has 0 spiro atoms. The molecule has 0 saturated heterocycles. The Labute approximate surface area is 124 Å². The van der Waals surface area contributed by atoms with Crippen molar-refractivity contribution in [2.45, 2.75) is 77.7 Å². The van der Waals surface area contributed by atoms with Gasteiger partial charge in [0, 0.05) is 19.4 Å². The average Bonchev–Trinajstić information content (AvgIpc) is 2.46. The predicted octanol–water partition coefficient (Wildman–Crippen LogP) is 2.81. The minimum absolute atomic E-state index is 0.0234. The van der Waals surface area contributed by atoms with Gasteiger partial charge in [-0.15, -0.1) is 0 Å². The maximum absolute atomic E-state index is 11.6. The summed E-state index contributed by atoms with van der Waals surface area (Å²) in [5, 5.41) is 6.01. The van der Waals surface area contributed by atoms with Gasteiger partial charge in [0.2, 0.25) is 5.91 Å². The summed E-state index contributed by atoms with van der Waals surface area (Å²) in [6, 6.07) is -0.0234. The summed E-state index contributed by atoms with van der Waals surface area (Å²) in [5.74, 6) is 0.434. The molecule has 1 amide bonds. The van der Waals surface area contributed by atoms with Gasteiger partial charge >= 0.3 is 0 Å². The van der Waals surface area contributed by atoms with Crippen LogP contribution in [0.3, 0.4) is 0 Å². The third-order valence-electron chi connectivity index (χ3n) is 3.58. The zero-order chi connectivity index (χ0) is 15.2. The zero-order valence-electron chi connectivity index (χ0n) is 13.5. The molecule has 0 aliphatic carbocycles. The Balaban J connectivity index is 3.51. The third kappa shape index (κ3) is 9.96. The second kappa shape index (κ2) is 13.1. The fraction of sp³-hybridized carbons (Fsp3) is 0.875. The Morgan fingerprint density at radius 2 is 1.75 bits per heavy atom. The standard InChI is InChI=1S/C16H32N2O2/c1-4-6-7-8-12-16(20)18-13-10-9-11-14(17-3)15(19)5-2/h14,17H,4-13H2,1-3H3,(H,18,20). The van der Waals surface area contributed by atoms with E-state index in [4.69, 9.17) is 0 Å². The number of amides is 1. The highest BCUT2D eigenvalue weighted by atomic mass is 16.1. The monoisotopic (exact) mass is 284 g/mol. The largest absolute Gasteiger partial charge is 0.356 e. The van der Waals surface area contributed by atoms with Crippen LogP contribution in [-0.4, -0.2) is 31.3 Å². The number of Topliss-reactive ketones (excluding diaryl/α,β-unsaturated/α-hetero) is 1. The predicted molar refractivity (Wildman–Crippen MR) is 83.8 cm³/mol. The lowest BCUT2D eigenvalue weighted by molar-refractivity contribution is -0.122. The minimum Gasteiger partial charge on any atom is -0.356 e. The number of unbranched alkanes of at least 4 members (excludes halogenated alkanes) is 4. The molecule has 4 nitrogen and oxygen atoms in total. The van der Waals surface area contributed by atoms with Crippen LogP contribution in [0.15, 0.2) is 0 Å². The van der Waals surface area contributed by atoms with Crippen molar-refractivity contribution in [3.05, 3.63) is 0 Å². The van der Waals surface area contributed by atoms with E-state index in [2.05, 4.69) is 17.6 Å². The molecule has 2 N–H and O–H groups in total. The van der Waals surface area contributed by atoms with E-state index in [9.17, 15) is 9.59 Å². The van der Waals surface area contributed by atoms with Gasteiger partial charge in [-0.05, 0) is 32.7 Å². The molecule has 118 valence electrons. The molecule has 4 heteroatoms. The third-order valence-corrected chi connectivity index (χ3v) is 3.58. The molecule has 0 aliphatic heterocycles. The topological polar surface area (TPSA) is 58.2 Å². The molecule has 0 radical (unpaired) electrons. The number of ketones is 1. The maximum Gasteiger partial charge on any atom is 0.219 e. The van der Waals surface area contributed by atoms with Gasteiger partial charge in [0.15, 0.2) is 0 Å². The van der Waals surface area contributed by atoms with E-state index in [-0.39, 0.29) is 17.7 Å². The highest BCUT2D eigenvalue weighted by Gasteiger charge is 2.13. The van der Waals surface area contributed by atoms with Crippen molar-refractivity contribution in [3.8, 4) is 0 Å². The smallest absolute Gasteiger partial charge is 0.219 e. The Kier molecular flexibility index (Phi) is 12.5. The van der Waals surface area contributed by atoms with Gasteiger partial charge in [-0.1, -0.05) is 33.1 Å². The van der Waals surface area contributed by atoms with Crippen LogP contribution in [0, 0.1) is 0 Å². The van der Waals surface area contributed by atoms with Gasteiger partial charge in [0.25, 0.3) is 0 Å². The van der Waals surface area contributed by atoms with E-state index in [0.29, 0.717) is 12.8 Å². The summed E-state index contributed by atoms with van der Waals surface area (Å²) in [7, 11) is 1.83. The van der Waals surface area contributed by atoms with Crippen LogP contribution in [0.25, 0.3) is 0 Å². The summed E-state index contributed by atoms with van der Waals surface area (Å²) in [6.07, 6.45) is 8.54. The van der Waals surface area contributed by atoms with Crippen molar-refractivity contribution in [2.24, 2.45) is 0 Å². The summed E-state index contributed by atoms with van der Waals surface area (Å²) < 4.78 is 0. The lowest BCUT2D eigenvalue weighted by atomic mass is 10.0. The molecule has 0 heterocycles. The molecule has 1 unspecified atom stereocenters. The summed E-state index contributed by atoms with van der Waals surface area (Å²) >= 11 is 0. The molecule has 0 bridgehead atoms. The van der Waals surface area contributed by atoms with Crippen LogP contribution < -0.4 is 10.6 Å². The van der Waals surface area contributed by atoms with Crippen LogP contribution in [0.5, 0.6) is 0 Å². The van der Waals surface area contributed by atoms with Crippen molar-refractivity contribution < 1.29 is 9.59 Å². The van der Waals surface area contributed by atoms with Gasteiger partial charge in [-0.25, -0.2) is 0 Å². The Morgan fingerprint density at radius 3 is 2.35 bits per heavy atom. The minimum atomic E-state index is -0.0234. The zero-order valence-corrected chi connectivity index (χ0v) is 13.5. The fourth-order valence-electron chi connectivity index (χ4n) is 2.21. The van der Waals surface area contributed by atoms with Crippen molar-refractivity contribution in [3.63, 3.8) is 0 Å². The number of nitrogens with one attached hydrogen (secondary N) is 2. The molecule has 0 aliphatic rings. The van der Waals surface area contributed by atoms with Gasteiger partial charge in [0.1, 0.15) is 5.78 Å². The summed E-state index contributed by atoms with van der Waals surface area (Å²) in [6.45, 7) is 4.79. The van der Waals surface area contributed by atoms with E-state index >= 15 is 0 Å². The van der Waals surface area contributed by atoms with Gasteiger partial charge in [0.05, 0.1) is 6.04 Å². The van der Waals surface area contributed by atoms with Crippen molar-refractivity contribution >= 4 is 11.7 Å². The molecule has 20 heavy (non-hydrogen) atoms. The molecule has 0 saturated carbocycles. The lowest BCUT2D eigenvalue weighted by Gasteiger charge is -2.13. The van der Waals surface area contributed by atoms with Gasteiger partial charge in [-0.3, -0.25) is 9.59 Å². The summed E-state index contributed by atoms with van der Waals surface area (Å²) in [5.41, 5.74) is 0. The first-order valence-electron chi connectivity index (χ1n) is 8.12. The van der Waals surface area contributed by atoms with Crippen LogP contribution in [0.1, 0.15) is 71.6 Å². The first kappa shape index (κ1) is 19.1. The Bertz CT molecular complexity index is 267. The van der Waals surface area contributed by atoms with Crippen LogP contribution in [0.4, 0.5) is 0 Å². The normalized spacial score (nSPS) is 12.2. The lowest BCUT2D eigenvalue weighted by Crippen LogP contribution is -2.33. The fourth-order valence-corrected chi connectivity index (χ4v) is 2.21. The Hall–Kier alpha value is -0.900. The quantitative estimate of drug-likeness (QED) is 0.511. The van der Waals surface area contributed by atoms with Gasteiger partial charge in [-0.2, -0.15) is 0 Å². The molecule has 0 aromatic carbocycles. The second-order valence-electron chi connectivity index (χ2n) is 5.32. The second-order valence-corrected chi connectivity index (χ2v) is 5.32. The van der Waals surface area contributed by atoms with E-state index in [1.807, 2.05) is 14.0 Å². The average molecular weight is 284 g/mol. The highest BCUT2D eigenvalue weighted by Crippen LogP contribution is 2.04. The van der Waals surface area contributed by atoms with Crippen molar-refractivity contribution in [2.75, 3.05) is 13.6 Å². The van der Waals surface area contributed by atoms with Crippen molar-refractivity contribution in [1.82, 2.24) is 10.6 Å². The van der Waals surface area contributed by atoms with Crippen LogP contribution >= 0.6 is 0 Å². The van der Waals surface area contributed by atoms with Crippen molar-refractivity contribution in [1.29, 1.82) is 0 Å². The van der Waals surface area contributed by atoms with E-state index in [1.54, 1.807) is 0 Å². The maximum atomic E-state index is 11.6. The van der Waals surface area contributed by atoms with Crippen LogP contribution in [-0.2, 0) is 9.59 Å². The van der Waals surface area contributed by atoms with E-state index in [1.165, 1.54) is 12.8 Å².